The molecular formula is C18H27N3O2. The number of rotatable bonds is 4. The number of aryl methyl sites for hydroxylation is 1. The van der Waals surface area contributed by atoms with Crippen LogP contribution in [0.4, 0.5) is 0 Å². The lowest BCUT2D eigenvalue weighted by atomic mass is 9.55. The Kier molecular flexibility index (Phi) is 4.43. The van der Waals surface area contributed by atoms with E-state index in [0.29, 0.717) is 19.4 Å². The van der Waals surface area contributed by atoms with E-state index >= 15 is 0 Å². The molecule has 126 valence electrons. The smallest absolute Gasteiger partial charge is 0.231 e. The van der Waals surface area contributed by atoms with E-state index in [-0.39, 0.29) is 5.91 Å². The van der Waals surface area contributed by atoms with Gasteiger partial charge in [-0.3, -0.25) is 9.78 Å². The highest BCUT2D eigenvalue weighted by Crippen LogP contribution is 2.53. The van der Waals surface area contributed by atoms with Crippen molar-refractivity contribution in [2.45, 2.75) is 51.2 Å². The Morgan fingerprint density at radius 1 is 1.35 bits per heavy atom. The largest absolute Gasteiger partial charge is 0.389 e. The summed E-state index contributed by atoms with van der Waals surface area (Å²) in [5.74, 6) is 0.101. The van der Waals surface area contributed by atoms with Crippen LogP contribution in [0.2, 0.25) is 0 Å². The Morgan fingerprint density at radius 2 is 2.04 bits per heavy atom. The molecule has 1 saturated heterocycles. The van der Waals surface area contributed by atoms with Crippen molar-refractivity contribution < 1.29 is 9.90 Å². The highest BCUT2D eigenvalue weighted by Gasteiger charge is 2.59. The first-order valence-corrected chi connectivity index (χ1v) is 8.57. The molecule has 0 bridgehead atoms. The predicted octanol–water partition coefficient (Wildman–Crippen LogP) is 1.63. The zero-order valence-corrected chi connectivity index (χ0v) is 14.1. The fourth-order valence-corrected chi connectivity index (χ4v) is 4.10. The van der Waals surface area contributed by atoms with Gasteiger partial charge in [0.25, 0.3) is 0 Å². The van der Waals surface area contributed by atoms with E-state index < -0.39 is 11.0 Å². The predicted molar refractivity (Wildman–Crippen MR) is 88.8 cm³/mol. The number of aromatic nitrogens is 1. The molecule has 1 aromatic heterocycles. The second-order valence-corrected chi connectivity index (χ2v) is 7.18. The average molecular weight is 317 g/mol. The number of carbonyl (C=O) groups is 1. The van der Waals surface area contributed by atoms with E-state index in [4.69, 9.17) is 0 Å². The number of aliphatic hydroxyl groups is 1. The standard InChI is InChI=1S/C18H27N3O2/c1-14-12-20-9-4-15(14)13-21(2)16(22)17(5-3-6-17)18(23)7-10-19-11-8-18/h4,9,12,19,23H,3,5-8,10-11,13H2,1-2H3. The quantitative estimate of drug-likeness (QED) is 0.886. The van der Waals surface area contributed by atoms with Gasteiger partial charge in [-0.25, -0.2) is 0 Å². The second kappa shape index (κ2) is 6.21. The lowest BCUT2D eigenvalue weighted by Gasteiger charge is -2.54. The van der Waals surface area contributed by atoms with Crippen molar-refractivity contribution in [3.8, 4) is 0 Å². The van der Waals surface area contributed by atoms with Gasteiger partial charge in [0.15, 0.2) is 0 Å². The molecule has 2 N–H and O–H groups in total. The fraction of sp³-hybridized carbons (Fsp3) is 0.667. The molecule has 5 heteroatoms. The van der Waals surface area contributed by atoms with Crippen LogP contribution < -0.4 is 5.32 Å². The van der Waals surface area contributed by atoms with Crippen molar-refractivity contribution in [2.75, 3.05) is 20.1 Å². The number of nitrogens with zero attached hydrogens (tertiary/aromatic N) is 2. The van der Waals surface area contributed by atoms with Crippen LogP contribution in [0, 0.1) is 12.3 Å². The summed E-state index contributed by atoms with van der Waals surface area (Å²) in [6, 6.07) is 1.96. The Bertz CT molecular complexity index is 577. The molecule has 2 heterocycles. The molecule has 1 aromatic rings. The number of amides is 1. The molecule has 1 aliphatic heterocycles. The van der Waals surface area contributed by atoms with Crippen LogP contribution >= 0.6 is 0 Å². The van der Waals surface area contributed by atoms with Gasteiger partial charge in [-0.15, -0.1) is 0 Å². The number of hydrogen-bond donors (Lipinski definition) is 2. The van der Waals surface area contributed by atoms with Crippen molar-refractivity contribution >= 4 is 5.91 Å². The van der Waals surface area contributed by atoms with Gasteiger partial charge in [-0.05, 0) is 62.9 Å². The molecule has 3 rings (SSSR count). The maximum atomic E-state index is 13.2. The van der Waals surface area contributed by atoms with Crippen LogP contribution in [0.1, 0.15) is 43.2 Å². The van der Waals surface area contributed by atoms with Gasteiger partial charge >= 0.3 is 0 Å². The van der Waals surface area contributed by atoms with Crippen molar-refractivity contribution in [1.82, 2.24) is 15.2 Å². The average Bonchev–Trinajstić information content (AvgIpc) is 2.48. The monoisotopic (exact) mass is 317 g/mol. The SMILES string of the molecule is Cc1cnccc1CN(C)C(=O)C1(C2(O)CCNCC2)CCC1. The third-order valence-electron chi connectivity index (χ3n) is 5.83. The Labute approximate surface area is 138 Å². The number of hydrogen-bond acceptors (Lipinski definition) is 4. The van der Waals surface area contributed by atoms with Crippen LogP contribution in [-0.2, 0) is 11.3 Å². The summed E-state index contributed by atoms with van der Waals surface area (Å²) in [5.41, 5.74) is 0.776. The first-order chi connectivity index (χ1) is 11.0. The van der Waals surface area contributed by atoms with Gasteiger partial charge in [0, 0.05) is 26.0 Å². The molecular weight excluding hydrogens is 290 g/mol. The summed E-state index contributed by atoms with van der Waals surface area (Å²) in [6.07, 6.45) is 7.57. The Hall–Kier alpha value is -1.46. The van der Waals surface area contributed by atoms with E-state index in [1.165, 1.54) is 0 Å². The fourth-order valence-electron chi connectivity index (χ4n) is 4.10. The zero-order chi connectivity index (χ0) is 16.5. The van der Waals surface area contributed by atoms with Gasteiger partial charge in [0.1, 0.15) is 0 Å². The maximum Gasteiger partial charge on any atom is 0.231 e. The third-order valence-corrected chi connectivity index (χ3v) is 5.83. The zero-order valence-electron chi connectivity index (χ0n) is 14.1. The van der Waals surface area contributed by atoms with Gasteiger partial charge in [0.05, 0.1) is 11.0 Å². The molecule has 1 aliphatic carbocycles. The van der Waals surface area contributed by atoms with Crippen molar-refractivity contribution in [1.29, 1.82) is 0 Å². The van der Waals surface area contributed by atoms with Crippen LogP contribution in [0.15, 0.2) is 18.5 Å². The van der Waals surface area contributed by atoms with Crippen LogP contribution in [-0.4, -0.2) is 46.6 Å². The highest BCUT2D eigenvalue weighted by atomic mass is 16.3. The summed E-state index contributed by atoms with van der Waals surface area (Å²) >= 11 is 0. The molecule has 1 saturated carbocycles. The Balaban J connectivity index is 1.78. The summed E-state index contributed by atoms with van der Waals surface area (Å²) in [5, 5.41) is 14.5. The minimum atomic E-state index is -0.852. The second-order valence-electron chi connectivity index (χ2n) is 7.18. The summed E-state index contributed by atoms with van der Waals surface area (Å²) in [6.45, 7) is 4.17. The number of nitrogens with one attached hydrogen (secondary N) is 1. The van der Waals surface area contributed by atoms with Gasteiger partial charge in [-0.1, -0.05) is 6.42 Å². The summed E-state index contributed by atoms with van der Waals surface area (Å²) in [7, 11) is 1.85. The van der Waals surface area contributed by atoms with E-state index in [2.05, 4.69) is 10.3 Å². The summed E-state index contributed by atoms with van der Waals surface area (Å²) in [4.78, 5) is 19.1. The molecule has 0 spiro atoms. The molecule has 23 heavy (non-hydrogen) atoms. The first-order valence-electron chi connectivity index (χ1n) is 8.57. The number of pyridine rings is 1. The molecule has 0 aromatic carbocycles. The van der Waals surface area contributed by atoms with Crippen molar-refractivity contribution in [2.24, 2.45) is 5.41 Å². The van der Waals surface area contributed by atoms with Gasteiger partial charge in [0.2, 0.25) is 5.91 Å². The van der Waals surface area contributed by atoms with Gasteiger partial charge in [-0.2, -0.15) is 0 Å². The topological polar surface area (TPSA) is 65.5 Å². The molecule has 0 radical (unpaired) electrons. The molecule has 1 amide bonds. The van der Waals surface area contributed by atoms with E-state index in [9.17, 15) is 9.90 Å². The molecule has 5 nitrogen and oxygen atoms in total. The molecule has 0 unspecified atom stereocenters. The van der Waals surface area contributed by atoms with E-state index in [1.54, 1.807) is 11.1 Å². The third kappa shape index (κ3) is 2.76. The normalized spacial score (nSPS) is 22.2. The number of piperidine rings is 1. The summed E-state index contributed by atoms with van der Waals surface area (Å²) < 4.78 is 0. The first kappa shape index (κ1) is 16.4. The number of carbonyl (C=O) groups excluding carboxylic acids is 1. The minimum absolute atomic E-state index is 0.101. The molecule has 2 aliphatic rings. The van der Waals surface area contributed by atoms with Crippen LogP contribution in [0.5, 0.6) is 0 Å². The van der Waals surface area contributed by atoms with E-state index in [1.807, 2.05) is 26.2 Å². The van der Waals surface area contributed by atoms with Crippen LogP contribution in [0.25, 0.3) is 0 Å². The highest BCUT2D eigenvalue weighted by molar-refractivity contribution is 5.85. The maximum absolute atomic E-state index is 13.2. The Morgan fingerprint density at radius 3 is 2.61 bits per heavy atom. The molecule has 0 atom stereocenters. The van der Waals surface area contributed by atoms with Gasteiger partial charge < -0.3 is 15.3 Å². The van der Waals surface area contributed by atoms with Crippen molar-refractivity contribution in [3.05, 3.63) is 29.6 Å². The minimum Gasteiger partial charge on any atom is -0.389 e. The van der Waals surface area contributed by atoms with Crippen LogP contribution in [0.3, 0.4) is 0 Å². The lowest BCUT2D eigenvalue weighted by Crippen LogP contribution is -2.63. The molecule has 2 fully saturated rings. The lowest BCUT2D eigenvalue weighted by molar-refractivity contribution is -0.182. The van der Waals surface area contributed by atoms with E-state index in [0.717, 1.165) is 43.5 Å². The van der Waals surface area contributed by atoms with Crippen molar-refractivity contribution in [3.63, 3.8) is 0 Å².